The molecule has 3 aromatic carbocycles. The third-order valence-electron chi connectivity index (χ3n) is 6.78. The van der Waals surface area contributed by atoms with Crippen LogP contribution < -0.4 is 10.1 Å². The number of pyridine rings is 1. The summed E-state index contributed by atoms with van der Waals surface area (Å²) in [6.07, 6.45) is 0.574. The normalized spacial score (nSPS) is 10.8. The number of halogens is 1. The summed E-state index contributed by atoms with van der Waals surface area (Å²) in [5.74, 6) is 0.734. The van der Waals surface area contributed by atoms with E-state index in [0.717, 1.165) is 44.9 Å². The van der Waals surface area contributed by atoms with Crippen molar-refractivity contribution in [2.75, 3.05) is 20.2 Å². The molecule has 0 aliphatic heterocycles. The second-order valence-corrected chi connectivity index (χ2v) is 11.4. The molecular formula is C36H44ClN5O4. The van der Waals surface area contributed by atoms with Gasteiger partial charge in [0.2, 0.25) is 5.91 Å². The van der Waals surface area contributed by atoms with Crippen molar-refractivity contribution in [1.29, 1.82) is 10.8 Å². The van der Waals surface area contributed by atoms with Gasteiger partial charge in [0.25, 0.3) is 0 Å². The van der Waals surface area contributed by atoms with Crippen LogP contribution in [-0.2, 0) is 11.2 Å². The van der Waals surface area contributed by atoms with Crippen LogP contribution in [0.2, 0.25) is 5.02 Å². The number of aromatic nitrogens is 1. The summed E-state index contributed by atoms with van der Waals surface area (Å²) in [7, 11) is 1.65. The summed E-state index contributed by atoms with van der Waals surface area (Å²) in [6, 6.07) is 20.3. The van der Waals surface area contributed by atoms with Crippen LogP contribution in [0.4, 0.5) is 0 Å². The summed E-state index contributed by atoms with van der Waals surface area (Å²) >= 11 is 5.97. The maximum atomic E-state index is 10.7. The summed E-state index contributed by atoms with van der Waals surface area (Å²) in [5.41, 5.74) is 6.33. The maximum absolute atomic E-state index is 10.7. The van der Waals surface area contributed by atoms with E-state index in [1.165, 1.54) is 13.0 Å². The van der Waals surface area contributed by atoms with Crippen LogP contribution in [0.25, 0.3) is 10.9 Å². The maximum Gasteiger partial charge on any atom is 0.216 e. The van der Waals surface area contributed by atoms with Crippen LogP contribution in [0.15, 0.2) is 71.7 Å². The minimum Gasteiger partial charge on any atom is -0.504 e. The average molecular weight is 646 g/mol. The van der Waals surface area contributed by atoms with Crippen molar-refractivity contribution in [2.45, 2.75) is 48.0 Å². The summed E-state index contributed by atoms with van der Waals surface area (Å²) < 4.78 is 5.32. The number of ether oxygens (including phenoxy) is 1. The number of aryl methyl sites for hydroxylation is 1. The lowest BCUT2D eigenvalue weighted by Crippen LogP contribution is -2.22. The lowest BCUT2D eigenvalue weighted by molar-refractivity contribution is -0.118. The van der Waals surface area contributed by atoms with Gasteiger partial charge in [0, 0.05) is 58.5 Å². The highest BCUT2D eigenvalue weighted by Gasteiger charge is 2.12. The Morgan fingerprint density at radius 1 is 1.00 bits per heavy atom. The number of phenolic OH excluding ortho intramolecular Hbond substituents is 2. The standard InChI is InChI=1S/C18H19ClN2O.C13H14N2O3.C5H11N/c1-12-4-9-16(22-3)10-17(12)18(21-11-13(2)20)14-5-7-15(19)8-6-14;1-8(16)14-7-6-10-4-2-9-3-5-11(17)13(18)12(9)15-10;1-4(2)5(3)6/h4-10,20H,11H2,1-3H3;2-5,17-18H,6-7H2,1H3,(H,14,16);4,6H,1-3H3. The first-order valence-electron chi connectivity index (χ1n) is 14.8. The Labute approximate surface area is 276 Å². The van der Waals surface area contributed by atoms with Gasteiger partial charge in [-0.05, 0) is 74.7 Å². The number of carbonyl (C=O) groups excluding carboxylic acids is 1. The molecule has 1 amide bonds. The molecule has 0 fully saturated rings. The molecule has 0 aliphatic rings. The summed E-state index contributed by atoms with van der Waals surface area (Å²) in [5, 5.41) is 37.8. The number of hydrogen-bond acceptors (Lipinski definition) is 8. The Balaban J connectivity index is 0.000000276. The number of phenols is 2. The molecule has 4 rings (SSSR count). The molecule has 1 heterocycles. The van der Waals surface area contributed by atoms with Crippen LogP contribution in [0.5, 0.6) is 17.2 Å². The monoisotopic (exact) mass is 645 g/mol. The number of nitrogens with one attached hydrogen (secondary N) is 3. The third kappa shape index (κ3) is 12.0. The lowest BCUT2D eigenvalue weighted by atomic mass is 9.97. The largest absolute Gasteiger partial charge is 0.504 e. The molecule has 244 valence electrons. The summed E-state index contributed by atoms with van der Waals surface area (Å²) in [4.78, 5) is 19.6. The van der Waals surface area contributed by atoms with Crippen molar-refractivity contribution in [2.24, 2.45) is 10.9 Å². The number of hydrogen-bond donors (Lipinski definition) is 5. The molecule has 0 bridgehead atoms. The molecule has 0 saturated carbocycles. The van der Waals surface area contributed by atoms with Crippen LogP contribution in [0.1, 0.15) is 57.0 Å². The minimum absolute atomic E-state index is 0.0868. The van der Waals surface area contributed by atoms with Gasteiger partial charge in [0.15, 0.2) is 11.5 Å². The minimum atomic E-state index is -0.214. The van der Waals surface area contributed by atoms with Crippen LogP contribution >= 0.6 is 11.6 Å². The average Bonchev–Trinajstić information content (AvgIpc) is 3.01. The summed E-state index contributed by atoms with van der Waals surface area (Å²) in [6.45, 7) is 12.0. The fraction of sp³-hybridized carbons (Fsp3) is 0.306. The van der Waals surface area contributed by atoms with Crippen molar-refractivity contribution in [3.63, 3.8) is 0 Å². The second kappa shape index (κ2) is 18.3. The van der Waals surface area contributed by atoms with Crippen molar-refractivity contribution >= 4 is 45.5 Å². The quantitative estimate of drug-likeness (QED) is 0.0940. The van der Waals surface area contributed by atoms with Gasteiger partial charge in [-0.3, -0.25) is 9.79 Å². The molecule has 0 saturated heterocycles. The lowest BCUT2D eigenvalue weighted by Gasteiger charge is -2.12. The van der Waals surface area contributed by atoms with Gasteiger partial charge in [-0.2, -0.15) is 0 Å². The van der Waals surface area contributed by atoms with Gasteiger partial charge in [-0.25, -0.2) is 4.98 Å². The zero-order valence-electron chi connectivity index (χ0n) is 27.5. The van der Waals surface area contributed by atoms with E-state index in [4.69, 9.17) is 27.2 Å². The predicted octanol–water partition coefficient (Wildman–Crippen LogP) is 7.54. The molecular weight excluding hydrogens is 602 g/mol. The number of rotatable bonds is 9. The molecule has 1 aromatic heterocycles. The highest BCUT2D eigenvalue weighted by Crippen LogP contribution is 2.32. The van der Waals surface area contributed by atoms with Gasteiger partial charge in [0.1, 0.15) is 11.3 Å². The SMILES string of the molecule is CC(=N)C(C)C.CC(=O)NCCc1ccc2ccc(O)c(O)c2n1.COc1ccc(C)c(C(=NCC(C)=N)c2ccc(Cl)cc2)c1. The van der Waals surface area contributed by atoms with E-state index in [1.807, 2.05) is 82.3 Å². The van der Waals surface area contributed by atoms with Gasteiger partial charge in [-0.1, -0.05) is 49.7 Å². The van der Waals surface area contributed by atoms with Crippen molar-refractivity contribution in [3.05, 3.63) is 94.1 Å². The van der Waals surface area contributed by atoms with Gasteiger partial charge < -0.3 is 31.1 Å². The van der Waals surface area contributed by atoms with E-state index >= 15 is 0 Å². The smallest absolute Gasteiger partial charge is 0.216 e. The van der Waals surface area contributed by atoms with E-state index in [0.29, 0.717) is 41.7 Å². The zero-order chi connectivity index (χ0) is 34.4. The second-order valence-electron chi connectivity index (χ2n) is 11.0. The van der Waals surface area contributed by atoms with Crippen LogP contribution in [0, 0.1) is 23.7 Å². The Kier molecular flexibility index (Phi) is 14.9. The molecule has 0 spiro atoms. The number of carbonyl (C=O) groups is 1. The number of nitrogens with zero attached hydrogens (tertiary/aromatic N) is 2. The highest BCUT2D eigenvalue weighted by atomic mass is 35.5. The Morgan fingerprint density at radius 3 is 2.20 bits per heavy atom. The number of aliphatic imine (C=N–C) groups is 1. The molecule has 46 heavy (non-hydrogen) atoms. The highest BCUT2D eigenvalue weighted by molar-refractivity contribution is 6.30. The number of benzene rings is 3. The first kappa shape index (κ1) is 37.4. The fourth-order valence-electron chi connectivity index (χ4n) is 3.83. The van der Waals surface area contributed by atoms with Crippen molar-refractivity contribution in [3.8, 4) is 17.2 Å². The predicted molar refractivity (Wildman–Crippen MR) is 189 cm³/mol. The van der Waals surface area contributed by atoms with Crippen molar-refractivity contribution in [1.82, 2.24) is 10.3 Å². The molecule has 0 aliphatic carbocycles. The van der Waals surface area contributed by atoms with E-state index in [1.54, 1.807) is 20.1 Å². The van der Waals surface area contributed by atoms with Crippen LogP contribution in [-0.4, -0.2) is 58.4 Å². The molecule has 0 atom stereocenters. The Bertz CT molecular complexity index is 1680. The topological polar surface area (TPSA) is 152 Å². The Hall–Kier alpha value is -4.76. The van der Waals surface area contributed by atoms with Crippen LogP contribution in [0.3, 0.4) is 0 Å². The van der Waals surface area contributed by atoms with E-state index in [9.17, 15) is 15.0 Å². The van der Waals surface area contributed by atoms with Gasteiger partial charge >= 0.3 is 0 Å². The molecule has 9 nitrogen and oxygen atoms in total. The van der Waals surface area contributed by atoms with Crippen molar-refractivity contribution < 1.29 is 19.7 Å². The van der Waals surface area contributed by atoms with E-state index < -0.39 is 0 Å². The number of aromatic hydroxyl groups is 2. The number of methoxy groups -OCH3 is 1. The first-order valence-corrected chi connectivity index (χ1v) is 15.2. The third-order valence-corrected chi connectivity index (χ3v) is 7.04. The van der Waals surface area contributed by atoms with Gasteiger partial charge in [0.05, 0.1) is 19.4 Å². The van der Waals surface area contributed by atoms with E-state index in [-0.39, 0.29) is 17.4 Å². The number of amides is 1. The van der Waals surface area contributed by atoms with E-state index in [2.05, 4.69) is 15.3 Å². The number of fused-ring (bicyclic) bond motifs is 1. The zero-order valence-corrected chi connectivity index (χ0v) is 28.3. The molecule has 5 N–H and O–H groups in total. The molecule has 0 unspecified atom stereocenters. The first-order chi connectivity index (χ1) is 21.7. The molecule has 10 heteroatoms. The van der Waals surface area contributed by atoms with Gasteiger partial charge in [-0.15, -0.1) is 0 Å². The fourth-order valence-corrected chi connectivity index (χ4v) is 3.96. The molecule has 0 radical (unpaired) electrons. The molecule has 4 aromatic rings. The Morgan fingerprint density at radius 2 is 1.63 bits per heavy atom.